The molecule has 2 aromatic carbocycles. The predicted molar refractivity (Wildman–Crippen MR) is 95.0 cm³/mol. The molecular weight excluding hydrogens is 336 g/mol. The Labute approximate surface area is 150 Å². The molecule has 0 aliphatic carbocycles. The summed E-state index contributed by atoms with van der Waals surface area (Å²) in [6.45, 7) is 1.98. The smallest absolute Gasteiger partial charge is 0.324 e. The van der Waals surface area contributed by atoms with E-state index in [-0.39, 0.29) is 0 Å². The maximum absolute atomic E-state index is 12.3. The first-order chi connectivity index (χ1) is 12.5. The van der Waals surface area contributed by atoms with Gasteiger partial charge in [-0.1, -0.05) is 24.3 Å². The number of ether oxygens (including phenoxy) is 2. The summed E-state index contributed by atoms with van der Waals surface area (Å²) >= 11 is 0. The minimum Gasteiger partial charge on any atom is -0.497 e. The second-order valence-corrected chi connectivity index (χ2v) is 6.08. The number of methoxy groups -OCH3 is 1. The molecule has 1 fully saturated rings. The van der Waals surface area contributed by atoms with Crippen molar-refractivity contribution in [1.29, 1.82) is 0 Å². The Morgan fingerprint density at radius 2 is 1.92 bits per heavy atom. The van der Waals surface area contributed by atoms with Crippen molar-refractivity contribution < 1.29 is 23.9 Å². The minimum absolute atomic E-state index is 0.291. The second-order valence-electron chi connectivity index (χ2n) is 6.08. The largest absolute Gasteiger partial charge is 0.497 e. The second kappa shape index (κ2) is 7.43. The molecule has 0 saturated carbocycles. The van der Waals surface area contributed by atoms with Crippen LogP contribution in [0.2, 0.25) is 0 Å². The van der Waals surface area contributed by atoms with Crippen LogP contribution >= 0.6 is 0 Å². The Morgan fingerprint density at radius 1 is 1.19 bits per heavy atom. The number of fused-ring (bicyclic) bond motifs is 1. The van der Waals surface area contributed by atoms with Crippen LogP contribution in [0.1, 0.15) is 18.4 Å². The van der Waals surface area contributed by atoms with Gasteiger partial charge in [0, 0.05) is 13.1 Å². The number of amides is 3. The molecule has 1 aliphatic heterocycles. The number of nitrogens with one attached hydrogen (secondary N) is 1. The highest BCUT2D eigenvalue weighted by molar-refractivity contribution is 5.97. The monoisotopic (exact) mass is 356 g/mol. The normalized spacial score (nSPS) is 14.8. The Morgan fingerprint density at radius 3 is 2.62 bits per heavy atom. The molecule has 1 heterocycles. The Kier molecular flexibility index (Phi) is 5.06. The first kappa shape index (κ1) is 17.7. The maximum Gasteiger partial charge on any atom is 0.324 e. The molecule has 7 heteroatoms. The molecule has 0 spiro atoms. The number of imide groups is 1. The lowest BCUT2D eigenvalue weighted by atomic mass is 9.98. The molecule has 1 aliphatic rings. The van der Waals surface area contributed by atoms with Gasteiger partial charge in [-0.3, -0.25) is 14.5 Å². The highest BCUT2D eigenvalue weighted by Gasteiger charge is 2.27. The summed E-state index contributed by atoms with van der Waals surface area (Å²) in [6.07, 6.45) is 0. The maximum atomic E-state index is 12.3. The van der Waals surface area contributed by atoms with Crippen molar-refractivity contribution in [3.8, 4) is 5.75 Å². The number of carbonyl (C=O) groups is 3. The minimum atomic E-state index is -0.526. The van der Waals surface area contributed by atoms with Gasteiger partial charge in [0.25, 0.3) is 5.91 Å². The summed E-state index contributed by atoms with van der Waals surface area (Å²) in [6, 6.07) is 10.9. The van der Waals surface area contributed by atoms with Crippen LogP contribution in [-0.2, 0) is 14.3 Å². The summed E-state index contributed by atoms with van der Waals surface area (Å²) in [7, 11) is 1.61. The van der Waals surface area contributed by atoms with Crippen molar-refractivity contribution in [1.82, 2.24) is 10.2 Å². The molecule has 1 N–H and O–H groups in total. The summed E-state index contributed by atoms with van der Waals surface area (Å²) in [5.74, 6) is -0.791. The van der Waals surface area contributed by atoms with Crippen LogP contribution in [0.5, 0.6) is 5.75 Å². The van der Waals surface area contributed by atoms with Gasteiger partial charge < -0.3 is 14.8 Å². The Balaban J connectivity index is 1.65. The molecule has 3 rings (SSSR count). The van der Waals surface area contributed by atoms with Gasteiger partial charge in [0.05, 0.1) is 13.0 Å². The van der Waals surface area contributed by atoms with Crippen molar-refractivity contribution >= 4 is 28.7 Å². The molecular formula is C19H20N2O5. The molecule has 0 radical (unpaired) electrons. The van der Waals surface area contributed by atoms with Crippen LogP contribution in [0.3, 0.4) is 0 Å². The standard InChI is InChI=1S/C19H20N2O5/c1-12(18(23)26-11-17(22)21-8-7-20-19(21)24)13-3-4-15-10-16(25-2)6-5-14(15)9-13/h3-6,9-10,12H,7-8,11H2,1-2H3,(H,20,24)/t12-/m0/s1. The Hall–Kier alpha value is -3.09. The molecule has 2 aromatic rings. The van der Waals surface area contributed by atoms with Gasteiger partial charge in [-0.2, -0.15) is 0 Å². The van der Waals surface area contributed by atoms with Gasteiger partial charge >= 0.3 is 12.0 Å². The lowest BCUT2D eigenvalue weighted by Crippen LogP contribution is -2.37. The van der Waals surface area contributed by atoms with Gasteiger partial charge in [-0.15, -0.1) is 0 Å². The summed E-state index contributed by atoms with van der Waals surface area (Å²) < 4.78 is 10.3. The number of rotatable bonds is 5. The van der Waals surface area contributed by atoms with Crippen LogP contribution in [0.4, 0.5) is 4.79 Å². The van der Waals surface area contributed by atoms with E-state index in [1.807, 2.05) is 36.4 Å². The molecule has 1 saturated heterocycles. The molecule has 26 heavy (non-hydrogen) atoms. The van der Waals surface area contributed by atoms with Gasteiger partial charge in [-0.25, -0.2) is 4.79 Å². The summed E-state index contributed by atoms with van der Waals surface area (Å²) in [5, 5.41) is 4.51. The van der Waals surface area contributed by atoms with Gasteiger partial charge in [0.1, 0.15) is 5.75 Å². The third-order valence-corrected chi connectivity index (χ3v) is 4.42. The summed E-state index contributed by atoms with van der Waals surface area (Å²) in [5.41, 5.74) is 0.791. The fourth-order valence-electron chi connectivity index (χ4n) is 2.82. The van der Waals surface area contributed by atoms with Gasteiger partial charge in [-0.05, 0) is 35.4 Å². The number of hydrogen-bond donors (Lipinski definition) is 1. The van der Waals surface area contributed by atoms with Crippen LogP contribution in [0.25, 0.3) is 10.8 Å². The van der Waals surface area contributed by atoms with Crippen LogP contribution in [0, 0.1) is 0 Å². The van der Waals surface area contributed by atoms with Crippen LogP contribution in [0.15, 0.2) is 36.4 Å². The average molecular weight is 356 g/mol. The number of carbonyl (C=O) groups excluding carboxylic acids is 3. The number of urea groups is 1. The molecule has 0 unspecified atom stereocenters. The van der Waals surface area contributed by atoms with E-state index in [2.05, 4.69) is 5.32 Å². The molecule has 1 atom stereocenters. The van der Waals surface area contributed by atoms with Crippen LogP contribution < -0.4 is 10.1 Å². The predicted octanol–water partition coefficient (Wildman–Crippen LogP) is 2.05. The molecule has 0 aromatic heterocycles. The van der Waals surface area contributed by atoms with Gasteiger partial charge in [0.2, 0.25) is 0 Å². The number of nitrogens with zero attached hydrogens (tertiary/aromatic N) is 1. The van der Waals surface area contributed by atoms with E-state index in [1.165, 1.54) is 0 Å². The number of hydrogen-bond acceptors (Lipinski definition) is 5. The SMILES string of the molecule is COc1ccc2cc([C@H](C)C(=O)OCC(=O)N3CCNC3=O)ccc2c1. The first-order valence-corrected chi connectivity index (χ1v) is 8.32. The van der Waals surface area contributed by atoms with Crippen molar-refractivity contribution in [3.63, 3.8) is 0 Å². The highest BCUT2D eigenvalue weighted by atomic mass is 16.5. The highest BCUT2D eigenvalue weighted by Crippen LogP contribution is 2.25. The lowest BCUT2D eigenvalue weighted by Gasteiger charge is -2.15. The fraction of sp³-hybridized carbons (Fsp3) is 0.316. The third kappa shape index (κ3) is 3.61. The van der Waals surface area contributed by atoms with Crippen molar-refractivity contribution in [3.05, 3.63) is 42.0 Å². The van der Waals surface area contributed by atoms with E-state index >= 15 is 0 Å². The van der Waals surface area contributed by atoms with Crippen molar-refractivity contribution in [2.75, 3.05) is 26.8 Å². The molecule has 136 valence electrons. The zero-order chi connectivity index (χ0) is 18.7. The van der Waals surface area contributed by atoms with Crippen molar-refractivity contribution in [2.24, 2.45) is 0 Å². The van der Waals surface area contributed by atoms with E-state index in [1.54, 1.807) is 14.0 Å². The average Bonchev–Trinajstić information content (AvgIpc) is 3.10. The zero-order valence-electron chi connectivity index (χ0n) is 14.7. The van der Waals surface area contributed by atoms with Gasteiger partial charge in [0.15, 0.2) is 6.61 Å². The van der Waals surface area contributed by atoms with Crippen LogP contribution in [-0.4, -0.2) is 49.6 Å². The van der Waals surface area contributed by atoms with Crippen molar-refractivity contribution in [2.45, 2.75) is 12.8 Å². The fourth-order valence-corrected chi connectivity index (χ4v) is 2.82. The lowest BCUT2D eigenvalue weighted by molar-refractivity contribution is -0.151. The molecule has 7 nitrogen and oxygen atoms in total. The molecule has 3 amide bonds. The topological polar surface area (TPSA) is 84.9 Å². The first-order valence-electron chi connectivity index (χ1n) is 8.32. The third-order valence-electron chi connectivity index (χ3n) is 4.42. The van der Waals surface area contributed by atoms with E-state index in [4.69, 9.17) is 9.47 Å². The van der Waals surface area contributed by atoms with E-state index in [9.17, 15) is 14.4 Å². The van der Waals surface area contributed by atoms with E-state index in [0.717, 1.165) is 27.0 Å². The zero-order valence-corrected chi connectivity index (χ0v) is 14.7. The number of benzene rings is 2. The summed E-state index contributed by atoms with van der Waals surface area (Å²) in [4.78, 5) is 36.7. The van der Waals surface area contributed by atoms with E-state index in [0.29, 0.717) is 13.1 Å². The Bertz CT molecular complexity index is 864. The van der Waals surface area contributed by atoms with E-state index < -0.39 is 30.4 Å². The quantitative estimate of drug-likeness (QED) is 0.829. The molecule has 0 bridgehead atoms. The number of esters is 1.